The monoisotopic (exact) mass is 353 g/mol. The quantitative estimate of drug-likeness (QED) is 0.921. The zero-order chi connectivity index (χ0) is 14.9. The fourth-order valence-electron chi connectivity index (χ4n) is 1.79. The minimum atomic E-state index is -3.21. The third kappa shape index (κ3) is 3.08. The molecule has 0 saturated heterocycles. The van der Waals surface area contributed by atoms with Gasteiger partial charge in [-0.15, -0.1) is 0 Å². The fraction of sp³-hybridized carbons (Fsp3) is 0.0714. The topological polar surface area (TPSA) is 77.2 Å². The summed E-state index contributed by atoms with van der Waals surface area (Å²) in [5.74, 6) is -0.522. The molecule has 0 fully saturated rings. The van der Waals surface area contributed by atoms with Crippen molar-refractivity contribution in [1.29, 1.82) is 0 Å². The first-order chi connectivity index (χ1) is 9.29. The zero-order valence-corrected chi connectivity index (χ0v) is 13.0. The Morgan fingerprint density at radius 1 is 1.05 bits per heavy atom. The van der Waals surface area contributed by atoms with Gasteiger partial charge in [-0.2, -0.15) is 0 Å². The maximum atomic E-state index is 11.4. The van der Waals surface area contributed by atoms with E-state index >= 15 is 0 Å². The number of hydrogen-bond acceptors (Lipinski definition) is 3. The Labute approximate surface area is 125 Å². The Morgan fingerprint density at radius 2 is 1.60 bits per heavy atom. The first kappa shape index (κ1) is 14.7. The predicted molar refractivity (Wildman–Crippen MR) is 81.2 cm³/mol. The second-order valence-corrected chi connectivity index (χ2v) is 7.23. The van der Waals surface area contributed by atoms with E-state index in [9.17, 15) is 13.2 Å². The van der Waals surface area contributed by atoms with E-state index in [1.165, 1.54) is 12.1 Å². The normalized spacial score (nSPS) is 11.3. The van der Waals surface area contributed by atoms with Gasteiger partial charge in [0.25, 0.3) is 0 Å². The number of nitrogens with two attached hydrogens (primary N) is 1. The van der Waals surface area contributed by atoms with Gasteiger partial charge >= 0.3 is 0 Å². The van der Waals surface area contributed by atoms with E-state index < -0.39 is 15.7 Å². The van der Waals surface area contributed by atoms with E-state index in [1.807, 2.05) is 6.07 Å². The number of benzene rings is 2. The third-order valence-corrected chi connectivity index (χ3v) is 4.67. The molecule has 0 saturated carbocycles. The largest absolute Gasteiger partial charge is 0.366 e. The number of sulfone groups is 1. The van der Waals surface area contributed by atoms with Crippen LogP contribution in [0.4, 0.5) is 0 Å². The highest BCUT2D eigenvalue weighted by Crippen LogP contribution is 2.26. The first-order valence-electron chi connectivity index (χ1n) is 5.69. The summed E-state index contributed by atoms with van der Waals surface area (Å²) in [5, 5.41) is 0. The summed E-state index contributed by atoms with van der Waals surface area (Å²) < 4.78 is 23.4. The van der Waals surface area contributed by atoms with Crippen LogP contribution in [0.5, 0.6) is 0 Å². The highest BCUT2D eigenvalue weighted by molar-refractivity contribution is 9.10. The summed E-state index contributed by atoms with van der Waals surface area (Å²) in [4.78, 5) is 11.6. The molecule has 0 radical (unpaired) electrons. The second-order valence-electron chi connectivity index (χ2n) is 4.36. The van der Waals surface area contributed by atoms with Gasteiger partial charge < -0.3 is 5.73 Å². The van der Waals surface area contributed by atoms with E-state index in [0.29, 0.717) is 10.0 Å². The van der Waals surface area contributed by atoms with Crippen LogP contribution in [0.3, 0.4) is 0 Å². The van der Waals surface area contributed by atoms with Gasteiger partial charge in [-0.25, -0.2) is 8.42 Å². The van der Waals surface area contributed by atoms with Gasteiger partial charge in [0.1, 0.15) is 0 Å². The van der Waals surface area contributed by atoms with Crippen LogP contribution in [0.25, 0.3) is 11.1 Å². The lowest BCUT2D eigenvalue weighted by atomic mass is 10.0. The van der Waals surface area contributed by atoms with E-state index in [-0.39, 0.29) is 4.90 Å². The van der Waals surface area contributed by atoms with Crippen molar-refractivity contribution in [3.8, 4) is 11.1 Å². The number of carbonyl (C=O) groups is 1. The Balaban J connectivity index is 2.47. The molecular formula is C14H12BrNO3S. The molecule has 2 aromatic rings. The lowest BCUT2D eigenvalue weighted by molar-refractivity contribution is 0.0999. The fourth-order valence-corrected chi connectivity index (χ4v) is 2.86. The number of halogens is 1. The molecule has 0 aliphatic heterocycles. The van der Waals surface area contributed by atoms with Gasteiger partial charge in [0.2, 0.25) is 5.91 Å². The second kappa shape index (κ2) is 5.38. The lowest BCUT2D eigenvalue weighted by Gasteiger charge is -2.06. The average molecular weight is 354 g/mol. The smallest absolute Gasteiger partial charge is 0.249 e. The standard InChI is InChI=1S/C14H12BrNO3S/c1-20(18,19)11-5-2-9(3-6-11)10-4-7-13(15)12(8-10)14(16)17/h2-8H,1H3,(H2,16,17). The van der Waals surface area contributed by atoms with Crippen LogP contribution in [0, 0.1) is 0 Å². The van der Waals surface area contributed by atoms with Crippen LogP contribution >= 0.6 is 15.9 Å². The zero-order valence-electron chi connectivity index (χ0n) is 10.6. The van der Waals surface area contributed by atoms with Crippen LogP contribution in [0.15, 0.2) is 51.8 Å². The Morgan fingerprint density at radius 3 is 2.10 bits per heavy atom. The molecule has 1 amide bonds. The highest BCUT2D eigenvalue weighted by atomic mass is 79.9. The molecule has 0 spiro atoms. The van der Waals surface area contributed by atoms with Crippen LogP contribution in [0.2, 0.25) is 0 Å². The molecule has 0 atom stereocenters. The number of primary amides is 1. The molecule has 0 heterocycles. The van der Waals surface area contributed by atoms with Gasteiger partial charge in [0.15, 0.2) is 9.84 Å². The molecular weight excluding hydrogens is 342 g/mol. The number of rotatable bonds is 3. The number of hydrogen-bond donors (Lipinski definition) is 1. The van der Waals surface area contributed by atoms with Crippen molar-refractivity contribution in [1.82, 2.24) is 0 Å². The van der Waals surface area contributed by atoms with Crippen molar-refractivity contribution in [2.45, 2.75) is 4.90 Å². The number of carbonyl (C=O) groups excluding carboxylic acids is 1. The summed E-state index contributed by atoms with van der Waals surface area (Å²) in [6, 6.07) is 11.7. The molecule has 0 unspecified atom stereocenters. The molecule has 2 N–H and O–H groups in total. The van der Waals surface area contributed by atoms with E-state index in [2.05, 4.69) is 15.9 Å². The van der Waals surface area contributed by atoms with Crippen molar-refractivity contribution in [2.75, 3.05) is 6.26 Å². The maximum Gasteiger partial charge on any atom is 0.249 e. The molecule has 6 heteroatoms. The Kier molecular flexibility index (Phi) is 3.96. The van der Waals surface area contributed by atoms with Gasteiger partial charge in [-0.3, -0.25) is 4.79 Å². The van der Waals surface area contributed by atoms with Crippen LogP contribution in [-0.4, -0.2) is 20.6 Å². The Bertz CT molecular complexity index is 768. The van der Waals surface area contributed by atoms with Crippen molar-refractivity contribution in [3.63, 3.8) is 0 Å². The van der Waals surface area contributed by atoms with Crippen LogP contribution in [-0.2, 0) is 9.84 Å². The Hall–Kier alpha value is -1.66. The van der Waals surface area contributed by atoms with E-state index in [4.69, 9.17) is 5.73 Å². The van der Waals surface area contributed by atoms with Crippen molar-refractivity contribution >= 4 is 31.7 Å². The van der Waals surface area contributed by atoms with Gasteiger partial charge in [0.05, 0.1) is 10.5 Å². The number of amides is 1. The minimum absolute atomic E-state index is 0.258. The maximum absolute atomic E-state index is 11.4. The average Bonchev–Trinajstić information content (AvgIpc) is 2.38. The van der Waals surface area contributed by atoms with Crippen LogP contribution in [0.1, 0.15) is 10.4 Å². The SMILES string of the molecule is CS(=O)(=O)c1ccc(-c2ccc(Br)c(C(N)=O)c2)cc1. The molecule has 4 nitrogen and oxygen atoms in total. The van der Waals surface area contributed by atoms with Crippen molar-refractivity contribution < 1.29 is 13.2 Å². The summed E-state index contributed by atoms with van der Waals surface area (Å²) in [7, 11) is -3.21. The minimum Gasteiger partial charge on any atom is -0.366 e. The van der Waals surface area contributed by atoms with Gasteiger partial charge in [0, 0.05) is 10.7 Å². The molecule has 0 aromatic heterocycles. The van der Waals surface area contributed by atoms with E-state index in [1.54, 1.807) is 24.3 Å². The van der Waals surface area contributed by atoms with Crippen LogP contribution < -0.4 is 5.73 Å². The molecule has 20 heavy (non-hydrogen) atoms. The summed E-state index contributed by atoms with van der Waals surface area (Å²) in [6.07, 6.45) is 1.16. The van der Waals surface area contributed by atoms with Crippen molar-refractivity contribution in [3.05, 3.63) is 52.5 Å². The van der Waals surface area contributed by atoms with Gasteiger partial charge in [-0.05, 0) is 51.3 Å². The summed E-state index contributed by atoms with van der Waals surface area (Å²) in [6.45, 7) is 0. The molecule has 0 aliphatic carbocycles. The predicted octanol–water partition coefficient (Wildman–Crippen LogP) is 2.62. The van der Waals surface area contributed by atoms with E-state index in [0.717, 1.165) is 17.4 Å². The highest BCUT2D eigenvalue weighted by Gasteiger charge is 2.10. The van der Waals surface area contributed by atoms with Gasteiger partial charge in [-0.1, -0.05) is 18.2 Å². The first-order valence-corrected chi connectivity index (χ1v) is 8.37. The van der Waals surface area contributed by atoms with Crippen molar-refractivity contribution in [2.24, 2.45) is 5.73 Å². The third-order valence-electron chi connectivity index (χ3n) is 2.85. The molecule has 0 aliphatic rings. The lowest BCUT2D eigenvalue weighted by Crippen LogP contribution is -2.11. The summed E-state index contributed by atoms with van der Waals surface area (Å²) >= 11 is 3.26. The molecule has 2 aromatic carbocycles. The molecule has 104 valence electrons. The molecule has 0 bridgehead atoms. The molecule has 2 rings (SSSR count). The summed E-state index contributed by atoms with van der Waals surface area (Å²) in [5.41, 5.74) is 7.28.